The Labute approximate surface area is 330 Å². The molecule has 2 unspecified atom stereocenters. The molecule has 0 bridgehead atoms. The van der Waals surface area contributed by atoms with Crippen LogP contribution < -0.4 is 20.4 Å². The van der Waals surface area contributed by atoms with Gasteiger partial charge >= 0.3 is 5.97 Å². The van der Waals surface area contributed by atoms with E-state index in [9.17, 15) is 19.6 Å². The van der Waals surface area contributed by atoms with E-state index in [2.05, 4.69) is 11.3 Å². The van der Waals surface area contributed by atoms with Gasteiger partial charge in [-0.2, -0.15) is 0 Å². The minimum atomic E-state index is -1.39. The number of benzene rings is 2. The number of hydrogen-bond donors (Lipinski definition) is 1. The molecule has 3 heterocycles. The number of nitrogens with zero attached hydrogens (tertiary/aromatic N) is 3. The largest absolute Gasteiger partial charge is 0.492 e. The van der Waals surface area contributed by atoms with Crippen LogP contribution in [0.5, 0.6) is 5.75 Å². The van der Waals surface area contributed by atoms with Gasteiger partial charge in [-0.05, 0) is 82.5 Å². The molecule has 1 N–H and O–H groups in total. The number of aromatic nitrogens is 1. The first kappa shape index (κ1) is 42.0. The smallest absolute Gasteiger partial charge is 0.344 e. The van der Waals surface area contributed by atoms with Crippen LogP contribution >= 0.6 is 16.8 Å². The number of fused-ring (bicyclic) bond motifs is 2. The zero-order valence-electron chi connectivity index (χ0n) is 32.6. The Kier molecular flexibility index (Phi) is 14.4. The third-order valence-corrected chi connectivity index (χ3v) is 15.0. The molecule has 2 aliphatic heterocycles. The third-order valence-electron chi connectivity index (χ3n) is 10.4. The number of ether oxygens (including phenoxy) is 2. The number of nitrogens with one attached hydrogen (secondary N) is 1. The molecule has 1 aliphatic carbocycles. The molecule has 6 rings (SSSR count). The number of methoxy groups -OCH3 is 1. The standard InChI is InChI=1S/C39H50BFN4O9P2/c1-6-51-55(52-7-2)39(56(53-8-3)54-9-4)25-12-14-27(15-13-25)43-33(46)23-50-38(48)30-21-45(28-16-17-28)34-29(36(30)47)19-32(41)35(37(34)49-5)44-20-26-11-10-18-40(24-42)31(26)22-44/h12-15,19,21,26,28,31,39H,6-11,16-18,20,22-23H2,1-5H3,(H,43,46). The molecule has 3 aliphatic rings. The first-order valence-corrected chi connectivity index (χ1v) is 21.9. The van der Waals surface area contributed by atoms with E-state index in [1.165, 1.54) is 19.4 Å². The fraction of sp³-hybridized carbons (Fsp3) is 0.538. The topological polar surface area (TPSA) is 151 Å². The number of amides is 1. The Balaban J connectivity index is 1.19. The van der Waals surface area contributed by atoms with E-state index in [1.807, 2.05) is 44.7 Å². The summed E-state index contributed by atoms with van der Waals surface area (Å²) in [5.41, 5.74) is 0.991. The maximum atomic E-state index is 16.2. The maximum absolute atomic E-state index is 16.2. The van der Waals surface area contributed by atoms with E-state index in [4.69, 9.17) is 27.6 Å². The molecular weight excluding hydrogens is 760 g/mol. The van der Waals surface area contributed by atoms with Crippen molar-refractivity contribution in [1.82, 2.24) is 4.57 Å². The number of rotatable bonds is 18. The van der Waals surface area contributed by atoms with Crippen LogP contribution in [0.1, 0.15) is 80.7 Å². The van der Waals surface area contributed by atoms with Crippen LogP contribution in [0.2, 0.25) is 12.1 Å². The van der Waals surface area contributed by atoms with Gasteiger partial charge in [-0.25, -0.2) is 14.4 Å². The SMILES string of the molecule is CCOP(OCC)C(c1ccc(NC(=O)COC(=O)c2cn(C3CC3)c3c(OC)c(N4CC5CCCB(C#N)C5C4)c(F)cc3c2=O)cc1)P(OCC)OCC. The molecule has 3 fully saturated rings. The maximum Gasteiger partial charge on any atom is 0.344 e. The van der Waals surface area contributed by atoms with Crippen molar-refractivity contribution in [2.75, 3.05) is 63.5 Å². The van der Waals surface area contributed by atoms with Crippen LogP contribution in [0, 0.1) is 23.0 Å². The molecule has 3 aromatic rings. The molecule has 13 nitrogen and oxygen atoms in total. The number of carbonyl (C=O) groups is 2. The summed E-state index contributed by atoms with van der Waals surface area (Å²) >= 11 is 0. The van der Waals surface area contributed by atoms with E-state index in [0.717, 1.165) is 37.6 Å². The zero-order chi connectivity index (χ0) is 39.9. The molecule has 2 atom stereocenters. The highest BCUT2D eigenvalue weighted by molar-refractivity contribution is 7.65. The summed E-state index contributed by atoms with van der Waals surface area (Å²) < 4.78 is 53.2. The number of carbonyl (C=O) groups excluding carboxylic acids is 2. The van der Waals surface area contributed by atoms with Crippen LogP contribution in [-0.4, -0.2) is 76.4 Å². The van der Waals surface area contributed by atoms with Gasteiger partial charge in [-0.1, -0.05) is 24.9 Å². The molecule has 2 saturated heterocycles. The third kappa shape index (κ3) is 9.07. The minimum absolute atomic E-state index is 0.00603. The Morgan fingerprint density at radius 2 is 1.64 bits per heavy atom. The predicted molar refractivity (Wildman–Crippen MR) is 216 cm³/mol. The highest BCUT2D eigenvalue weighted by Gasteiger charge is 2.44. The van der Waals surface area contributed by atoms with E-state index in [-0.39, 0.29) is 52.3 Å². The van der Waals surface area contributed by atoms with Crippen LogP contribution in [0.3, 0.4) is 0 Å². The number of anilines is 2. The monoisotopic (exact) mass is 810 g/mol. The molecule has 2 aromatic carbocycles. The highest BCUT2D eigenvalue weighted by atomic mass is 31.2. The lowest BCUT2D eigenvalue weighted by Gasteiger charge is -2.31. The fourth-order valence-corrected chi connectivity index (χ4v) is 11.8. The van der Waals surface area contributed by atoms with Gasteiger partial charge in [0, 0.05) is 37.0 Å². The highest BCUT2D eigenvalue weighted by Crippen LogP contribution is 2.70. The van der Waals surface area contributed by atoms with Crippen LogP contribution in [0.25, 0.3) is 10.9 Å². The Hall–Kier alpha value is -3.63. The predicted octanol–water partition coefficient (Wildman–Crippen LogP) is 8.21. The number of halogens is 1. The van der Waals surface area contributed by atoms with Gasteiger partial charge in [0.25, 0.3) is 12.6 Å². The van der Waals surface area contributed by atoms with Gasteiger partial charge in [-0.3, -0.25) is 9.59 Å². The van der Waals surface area contributed by atoms with Crippen LogP contribution in [-0.2, 0) is 27.6 Å². The van der Waals surface area contributed by atoms with E-state index in [0.29, 0.717) is 50.7 Å². The lowest BCUT2D eigenvalue weighted by Crippen LogP contribution is -2.29. The number of hydrogen-bond acceptors (Lipinski definition) is 11. The van der Waals surface area contributed by atoms with E-state index < -0.39 is 46.5 Å². The lowest BCUT2D eigenvalue weighted by atomic mass is 9.35. The second kappa shape index (κ2) is 19.2. The summed E-state index contributed by atoms with van der Waals surface area (Å²) in [5.74, 6) is 0.863. The summed E-state index contributed by atoms with van der Waals surface area (Å²) in [5, 5.41) is 12.2. The molecule has 0 spiro atoms. The fourth-order valence-electron chi connectivity index (χ4n) is 7.86. The van der Waals surface area contributed by atoms with Gasteiger partial charge in [0.1, 0.15) is 16.7 Å². The van der Waals surface area contributed by atoms with Crippen molar-refractivity contribution < 1.29 is 41.5 Å². The van der Waals surface area contributed by atoms with Gasteiger partial charge in [-0.15, -0.1) is 0 Å². The van der Waals surface area contributed by atoms with Crippen molar-refractivity contribution in [2.24, 2.45) is 5.92 Å². The molecule has 1 saturated carbocycles. The lowest BCUT2D eigenvalue weighted by molar-refractivity contribution is -0.119. The van der Waals surface area contributed by atoms with Crippen molar-refractivity contribution >= 4 is 57.6 Å². The van der Waals surface area contributed by atoms with Crippen molar-refractivity contribution in [3.63, 3.8) is 0 Å². The van der Waals surface area contributed by atoms with Gasteiger partial charge in [0.2, 0.25) is 5.43 Å². The minimum Gasteiger partial charge on any atom is -0.492 e. The number of esters is 1. The first-order chi connectivity index (χ1) is 27.2. The first-order valence-electron chi connectivity index (χ1n) is 19.4. The van der Waals surface area contributed by atoms with Gasteiger partial charge in [0.05, 0.1) is 44.4 Å². The molecule has 1 aromatic heterocycles. The quantitative estimate of drug-likeness (QED) is 0.0752. The summed E-state index contributed by atoms with van der Waals surface area (Å²) in [7, 11) is -1.33. The van der Waals surface area contributed by atoms with Gasteiger partial charge in [0.15, 0.2) is 34.9 Å². The van der Waals surface area contributed by atoms with Crippen molar-refractivity contribution in [3.8, 4) is 11.7 Å². The molecule has 300 valence electrons. The number of nitriles is 1. The Morgan fingerprint density at radius 3 is 2.21 bits per heavy atom. The normalized spacial score (nSPS) is 18.1. The molecule has 56 heavy (non-hydrogen) atoms. The average Bonchev–Trinajstić information content (AvgIpc) is 3.95. The molecule has 0 radical (unpaired) electrons. The van der Waals surface area contributed by atoms with Crippen LogP contribution in [0.4, 0.5) is 15.8 Å². The summed E-state index contributed by atoms with van der Waals surface area (Å²) in [6, 6.07) is 8.30. The van der Waals surface area contributed by atoms with E-state index >= 15 is 4.39 Å². The van der Waals surface area contributed by atoms with Crippen LogP contribution in [0.15, 0.2) is 41.3 Å². The zero-order valence-corrected chi connectivity index (χ0v) is 34.4. The van der Waals surface area contributed by atoms with Gasteiger partial charge < -0.3 is 42.4 Å². The second-order valence-corrected chi connectivity index (χ2v) is 17.6. The summed E-state index contributed by atoms with van der Waals surface area (Å²) in [4.78, 5) is 42.2. The average molecular weight is 811 g/mol. The van der Waals surface area contributed by atoms with Crippen molar-refractivity contribution in [2.45, 2.75) is 77.0 Å². The second-order valence-electron chi connectivity index (χ2n) is 14.0. The molecule has 1 amide bonds. The Morgan fingerprint density at radius 1 is 1.00 bits per heavy atom. The molecule has 17 heteroatoms. The van der Waals surface area contributed by atoms with Crippen molar-refractivity contribution in [1.29, 1.82) is 5.26 Å². The Bertz CT molecular complexity index is 1950. The summed E-state index contributed by atoms with van der Waals surface area (Å²) in [6.45, 7) is 9.85. The summed E-state index contributed by atoms with van der Waals surface area (Å²) in [6.07, 6.45) is 5.85. The van der Waals surface area contributed by atoms with E-state index in [1.54, 1.807) is 16.7 Å². The van der Waals surface area contributed by atoms with Crippen molar-refractivity contribution in [3.05, 3.63) is 63.7 Å². The molecular formula is C39H50BFN4O9P2. The number of pyridine rings is 1.